The third-order valence-corrected chi connectivity index (χ3v) is 5.44. The number of carboxylic acid groups (broad SMARTS) is 1. The van der Waals surface area contributed by atoms with Crippen molar-refractivity contribution in [3.8, 4) is 0 Å². The Morgan fingerprint density at radius 2 is 2.06 bits per heavy atom. The minimum atomic E-state index is -0.679. The molecule has 2 N–H and O–H groups in total. The summed E-state index contributed by atoms with van der Waals surface area (Å²) in [5.41, 5.74) is 0.876. The molecule has 0 radical (unpaired) electrons. The summed E-state index contributed by atoms with van der Waals surface area (Å²) in [4.78, 5) is 10.5. The Morgan fingerprint density at radius 1 is 1.33 bits per heavy atom. The van der Waals surface area contributed by atoms with Gasteiger partial charge in [0.1, 0.15) is 0 Å². The number of carbonyl (C=O) groups is 1. The molecule has 2 aliphatic rings. The Hall–Kier alpha value is -0.570. The van der Waals surface area contributed by atoms with Crippen LogP contribution in [-0.4, -0.2) is 23.7 Å². The molecule has 3 atom stereocenters. The van der Waals surface area contributed by atoms with Gasteiger partial charge in [0.05, 0.1) is 0 Å². The van der Waals surface area contributed by atoms with Crippen molar-refractivity contribution in [1.29, 1.82) is 0 Å². The Kier molecular flexibility index (Phi) is 3.72. The molecule has 0 saturated heterocycles. The van der Waals surface area contributed by atoms with Crippen LogP contribution in [0.2, 0.25) is 0 Å². The van der Waals surface area contributed by atoms with Crippen molar-refractivity contribution < 1.29 is 9.90 Å². The molecule has 2 fully saturated rings. The second-order valence-electron chi connectivity index (χ2n) is 7.15. The molecular formula is C15H27NO2. The fourth-order valence-electron chi connectivity index (χ4n) is 4.46. The second kappa shape index (κ2) is 4.84. The summed E-state index contributed by atoms with van der Waals surface area (Å²) in [6.45, 7) is 8.19. The van der Waals surface area contributed by atoms with Crippen LogP contribution in [0.1, 0.15) is 59.3 Å². The van der Waals surface area contributed by atoms with Crippen LogP contribution in [0.3, 0.4) is 0 Å². The molecule has 2 saturated carbocycles. The summed E-state index contributed by atoms with van der Waals surface area (Å²) in [5, 5.41) is 12.3. The predicted octanol–water partition coefficient (Wildman–Crippen LogP) is 3.05. The predicted molar refractivity (Wildman–Crippen MR) is 72.5 cm³/mol. The zero-order valence-electron chi connectivity index (χ0n) is 12.0. The Labute approximate surface area is 110 Å². The molecule has 2 bridgehead atoms. The highest BCUT2D eigenvalue weighted by molar-refractivity contribution is 5.66. The van der Waals surface area contributed by atoms with Crippen molar-refractivity contribution in [1.82, 2.24) is 5.32 Å². The molecule has 104 valence electrons. The summed E-state index contributed by atoms with van der Waals surface area (Å²) >= 11 is 0. The number of hydrogen-bond donors (Lipinski definition) is 2. The van der Waals surface area contributed by atoms with Gasteiger partial charge in [0.15, 0.2) is 0 Å². The SMILES string of the molecule is CC12CCC(C1)C(C)(C)C2NCCCCC(=O)O. The second-order valence-corrected chi connectivity index (χ2v) is 7.15. The first-order valence-corrected chi connectivity index (χ1v) is 7.31. The zero-order valence-corrected chi connectivity index (χ0v) is 12.0. The molecule has 0 amide bonds. The van der Waals surface area contributed by atoms with Gasteiger partial charge < -0.3 is 10.4 Å². The van der Waals surface area contributed by atoms with Crippen LogP contribution >= 0.6 is 0 Å². The Morgan fingerprint density at radius 3 is 2.61 bits per heavy atom. The first-order valence-electron chi connectivity index (χ1n) is 7.31. The van der Waals surface area contributed by atoms with E-state index in [2.05, 4.69) is 26.1 Å². The van der Waals surface area contributed by atoms with E-state index >= 15 is 0 Å². The number of carboxylic acids is 1. The molecule has 0 aromatic rings. The average molecular weight is 253 g/mol. The third-order valence-electron chi connectivity index (χ3n) is 5.44. The molecule has 18 heavy (non-hydrogen) atoms. The molecule has 2 rings (SSSR count). The molecule has 2 aliphatic carbocycles. The summed E-state index contributed by atoms with van der Waals surface area (Å²) in [5.74, 6) is 0.196. The van der Waals surface area contributed by atoms with Crippen LogP contribution < -0.4 is 5.32 Å². The Bertz CT molecular complexity index is 322. The summed E-state index contributed by atoms with van der Waals surface area (Å²) < 4.78 is 0. The molecule has 0 spiro atoms. The van der Waals surface area contributed by atoms with Gasteiger partial charge in [0.25, 0.3) is 0 Å². The standard InChI is InChI=1S/C15H27NO2/c1-14(2)11-7-8-15(3,10-11)13(14)16-9-5-4-6-12(17)18/h11,13,16H,4-10H2,1-3H3,(H,17,18). The largest absolute Gasteiger partial charge is 0.481 e. The number of unbranched alkanes of at least 4 members (excludes halogenated alkanes) is 1. The van der Waals surface area contributed by atoms with E-state index in [0.717, 1.165) is 25.3 Å². The molecule has 0 aromatic carbocycles. The highest BCUT2D eigenvalue weighted by atomic mass is 16.4. The Balaban J connectivity index is 1.80. The summed E-state index contributed by atoms with van der Waals surface area (Å²) in [6, 6.07) is 0.605. The maximum atomic E-state index is 10.5. The van der Waals surface area contributed by atoms with Crippen LogP contribution in [0.4, 0.5) is 0 Å². The quantitative estimate of drug-likeness (QED) is 0.715. The molecule has 0 heterocycles. The van der Waals surface area contributed by atoms with Gasteiger partial charge in [-0.1, -0.05) is 20.8 Å². The number of aliphatic carboxylic acids is 1. The fourth-order valence-corrected chi connectivity index (χ4v) is 4.46. The summed E-state index contributed by atoms with van der Waals surface area (Å²) in [7, 11) is 0. The number of fused-ring (bicyclic) bond motifs is 2. The lowest BCUT2D eigenvalue weighted by Crippen LogP contribution is -2.50. The average Bonchev–Trinajstić information content (AvgIpc) is 2.72. The van der Waals surface area contributed by atoms with Crippen molar-refractivity contribution in [3.63, 3.8) is 0 Å². The van der Waals surface area contributed by atoms with E-state index in [4.69, 9.17) is 5.11 Å². The van der Waals surface area contributed by atoms with Gasteiger partial charge in [-0.05, 0) is 55.4 Å². The fraction of sp³-hybridized carbons (Fsp3) is 0.933. The van der Waals surface area contributed by atoms with E-state index in [0.29, 0.717) is 23.3 Å². The lowest BCUT2D eigenvalue weighted by atomic mass is 9.68. The van der Waals surface area contributed by atoms with Crippen LogP contribution in [-0.2, 0) is 4.79 Å². The van der Waals surface area contributed by atoms with Gasteiger partial charge in [-0.2, -0.15) is 0 Å². The number of rotatable bonds is 6. The van der Waals surface area contributed by atoms with Gasteiger partial charge in [0.2, 0.25) is 0 Å². The minimum Gasteiger partial charge on any atom is -0.481 e. The maximum absolute atomic E-state index is 10.5. The van der Waals surface area contributed by atoms with Gasteiger partial charge >= 0.3 is 5.97 Å². The molecule has 3 nitrogen and oxygen atoms in total. The smallest absolute Gasteiger partial charge is 0.303 e. The van der Waals surface area contributed by atoms with Gasteiger partial charge in [0, 0.05) is 12.5 Å². The highest BCUT2D eigenvalue weighted by Gasteiger charge is 2.58. The van der Waals surface area contributed by atoms with Crippen molar-refractivity contribution in [2.24, 2.45) is 16.7 Å². The lowest BCUT2D eigenvalue weighted by Gasteiger charge is -2.43. The van der Waals surface area contributed by atoms with E-state index in [1.54, 1.807) is 0 Å². The van der Waals surface area contributed by atoms with Gasteiger partial charge in [-0.15, -0.1) is 0 Å². The van der Waals surface area contributed by atoms with E-state index < -0.39 is 5.97 Å². The normalized spacial score (nSPS) is 37.1. The number of nitrogens with one attached hydrogen (secondary N) is 1. The van der Waals surface area contributed by atoms with E-state index in [1.807, 2.05) is 0 Å². The molecule has 0 aliphatic heterocycles. The topological polar surface area (TPSA) is 49.3 Å². The molecular weight excluding hydrogens is 226 g/mol. The molecule has 3 heteroatoms. The van der Waals surface area contributed by atoms with Crippen molar-refractivity contribution in [3.05, 3.63) is 0 Å². The maximum Gasteiger partial charge on any atom is 0.303 e. The van der Waals surface area contributed by atoms with E-state index in [1.165, 1.54) is 19.3 Å². The van der Waals surface area contributed by atoms with Crippen molar-refractivity contribution >= 4 is 5.97 Å². The minimum absolute atomic E-state index is 0.301. The number of hydrogen-bond acceptors (Lipinski definition) is 2. The monoisotopic (exact) mass is 253 g/mol. The van der Waals surface area contributed by atoms with Gasteiger partial charge in [-0.3, -0.25) is 4.79 Å². The summed E-state index contributed by atoms with van der Waals surface area (Å²) in [6.07, 6.45) is 6.17. The first-order chi connectivity index (χ1) is 8.36. The van der Waals surface area contributed by atoms with Crippen LogP contribution in [0.25, 0.3) is 0 Å². The van der Waals surface area contributed by atoms with Crippen molar-refractivity contribution in [2.45, 2.75) is 65.3 Å². The van der Waals surface area contributed by atoms with Crippen LogP contribution in [0.15, 0.2) is 0 Å². The lowest BCUT2D eigenvalue weighted by molar-refractivity contribution is -0.137. The first kappa shape index (κ1) is 13.9. The van der Waals surface area contributed by atoms with E-state index in [9.17, 15) is 4.79 Å². The molecule has 0 aromatic heterocycles. The van der Waals surface area contributed by atoms with Crippen molar-refractivity contribution in [2.75, 3.05) is 6.54 Å². The van der Waals surface area contributed by atoms with Gasteiger partial charge in [-0.25, -0.2) is 0 Å². The third kappa shape index (κ3) is 2.42. The highest BCUT2D eigenvalue weighted by Crippen LogP contribution is 2.62. The van der Waals surface area contributed by atoms with Crippen LogP contribution in [0, 0.1) is 16.7 Å². The zero-order chi connectivity index (χ0) is 13.4. The molecule has 3 unspecified atom stereocenters. The van der Waals surface area contributed by atoms with Crippen LogP contribution in [0.5, 0.6) is 0 Å². The van der Waals surface area contributed by atoms with E-state index in [-0.39, 0.29) is 0 Å².